The minimum Gasteiger partial charge on any atom is -0.391 e. The normalized spacial score (nSPS) is 15.1. The van der Waals surface area contributed by atoms with Gasteiger partial charge in [-0.15, -0.1) is 6.58 Å². The molecule has 1 unspecified atom stereocenters. The van der Waals surface area contributed by atoms with Crippen LogP contribution >= 0.6 is 0 Å². The van der Waals surface area contributed by atoms with E-state index in [0.717, 1.165) is 26.1 Å². The maximum absolute atomic E-state index is 5.87. The largest absolute Gasteiger partial charge is 0.391 e. The van der Waals surface area contributed by atoms with Gasteiger partial charge in [0.25, 0.3) is 0 Å². The van der Waals surface area contributed by atoms with E-state index in [0.29, 0.717) is 5.92 Å². The summed E-state index contributed by atoms with van der Waals surface area (Å²) in [6.45, 7) is 14.1. The summed E-state index contributed by atoms with van der Waals surface area (Å²) < 4.78 is 11.7. The highest BCUT2D eigenvalue weighted by atomic mass is 28.4. The average Bonchev–Trinajstić information content (AvgIpc) is 2.24. The summed E-state index contributed by atoms with van der Waals surface area (Å²) in [4.78, 5) is 0. The minimum atomic E-state index is -2.08. The number of rotatable bonds is 10. The standard InChI is InChI=1S/C13H28O2Si/c1-6-8-9-11-14-16(5,7-2)15-12-10-13(3)4/h7,13H,2,6,8-12H2,1,3-5H3. The molecule has 0 aliphatic carbocycles. The Hall–Kier alpha value is -0.123. The van der Waals surface area contributed by atoms with Crippen LogP contribution in [0, 0.1) is 5.92 Å². The quantitative estimate of drug-likeness (QED) is 0.426. The third-order valence-electron chi connectivity index (χ3n) is 2.59. The van der Waals surface area contributed by atoms with Crippen LogP contribution in [0.1, 0.15) is 46.5 Å². The first kappa shape index (κ1) is 15.9. The lowest BCUT2D eigenvalue weighted by atomic mass is 10.2. The van der Waals surface area contributed by atoms with E-state index in [9.17, 15) is 0 Å². The molecule has 0 aromatic rings. The first-order valence-corrected chi connectivity index (χ1v) is 8.85. The molecule has 0 saturated heterocycles. The molecule has 96 valence electrons. The van der Waals surface area contributed by atoms with Crippen molar-refractivity contribution in [3.8, 4) is 0 Å². The first-order chi connectivity index (χ1) is 7.54. The highest BCUT2D eigenvalue weighted by Crippen LogP contribution is 2.12. The first-order valence-electron chi connectivity index (χ1n) is 6.45. The summed E-state index contributed by atoms with van der Waals surface area (Å²) in [7, 11) is -2.08. The van der Waals surface area contributed by atoms with E-state index >= 15 is 0 Å². The molecular formula is C13H28O2Si. The Kier molecular flexibility index (Phi) is 8.90. The summed E-state index contributed by atoms with van der Waals surface area (Å²) in [5, 5.41) is 0. The van der Waals surface area contributed by atoms with Crippen LogP contribution in [0.15, 0.2) is 12.3 Å². The maximum Gasteiger partial charge on any atom is 0.361 e. The lowest BCUT2D eigenvalue weighted by Gasteiger charge is -2.24. The van der Waals surface area contributed by atoms with E-state index in [1.807, 2.05) is 5.70 Å². The van der Waals surface area contributed by atoms with Crippen molar-refractivity contribution in [1.29, 1.82) is 0 Å². The van der Waals surface area contributed by atoms with Gasteiger partial charge < -0.3 is 8.85 Å². The van der Waals surface area contributed by atoms with Gasteiger partial charge in [0.05, 0.1) is 0 Å². The van der Waals surface area contributed by atoms with Crippen LogP contribution in [0.3, 0.4) is 0 Å². The van der Waals surface area contributed by atoms with Crippen LogP contribution < -0.4 is 0 Å². The van der Waals surface area contributed by atoms with Gasteiger partial charge in [-0.2, -0.15) is 0 Å². The lowest BCUT2D eigenvalue weighted by Crippen LogP contribution is -2.37. The van der Waals surface area contributed by atoms with Gasteiger partial charge in [0, 0.05) is 13.2 Å². The van der Waals surface area contributed by atoms with Crippen LogP contribution in [0.2, 0.25) is 6.55 Å². The average molecular weight is 244 g/mol. The molecule has 0 fully saturated rings. The second kappa shape index (κ2) is 8.96. The number of hydrogen-bond acceptors (Lipinski definition) is 2. The highest BCUT2D eigenvalue weighted by molar-refractivity contribution is 6.71. The summed E-state index contributed by atoms with van der Waals surface area (Å²) >= 11 is 0. The summed E-state index contributed by atoms with van der Waals surface area (Å²) in [6, 6.07) is 0. The van der Waals surface area contributed by atoms with Crippen molar-refractivity contribution < 1.29 is 8.85 Å². The van der Waals surface area contributed by atoms with Crippen molar-refractivity contribution in [2.75, 3.05) is 13.2 Å². The molecule has 0 aromatic heterocycles. The Morgan fingerprint density at radius 3 is 2.31 bits per heavy atom. The fourth-order valence-electron chi connectivity index (χ4n) is 1.28. The zero-order valence-electron chi connectivity index (χ0n) is 11.4. The Labute approximate surface area is 102 Å². The monoisotopic (exact) mass is 244 g/mol. The van der Waals surface area contributed by atoms with Crippen molar-refractivity contribution in [3.63, 3.8) is 0 Å². The van der Waals surface area contributed by atoms with Gasteiger partial charge in [-0.1, -0.05) is 33.6 Å². The van der Waals surface area contributed by atoms with Gasteiger partial charge in [0.2, 0.25) is 0 Å². The molecular weight excluding hydrogens is 216 g/mol. The van der Waals surface area contributed by atoms with E-state index in [1.54, 1.807) is 0 Å². The third-order valence-corrected chi connectivity index (χ3v) is 4.89. The van der Waals surface area contributed by atoms with Crippen molar-refractivity contribution in [2.45, 2.75) is 53.0 Å². The van der Waals surface area contributed by atoms with Gasteiger partial charge in [-0.3, -0.25) is 0 Å². The zero-order chi connectivity index (χ0) is 12.4. The van der Waals surface area contributed by atoms with Crippen molar-refractivity contribution in [3.05, 3.63) is 12.3 Å². The molecule has 0 bridgehead atoms. The van der Waals surface area contributed by atoms with Gasteiger partial charge in [-0.05, 0) is 31.0 Å². The summed E-state index contributed by atoms with van der Waals surface area (Å²) in [5.41, 5.74) is 1.89. The molecule has 0 N–H and O–H groups in total. The molecule has 2 nitrogen and oxygen atoms in total. The second-order valence-corrected chi connectivity index (χ2v) is 7.82. The predicted molar refractivity (Wildman–Crippen MR) is 72.7 cm³/mol. The molecule has 3 heteroatoms. The van der Waals surface area contributed by atoms with E-state index < -0.39 is 8.56 Å². The fourth-order valence-corrected chi connectivity index (χ4v) is 2.68. The lowest BCUT2D eigenvalue weighted by molar-refractivity contribution is 0.173. The van der Waals surface area contributed by atoms with Crippen LogP contribution in [0.25, 0.3) is 0 Å². The zero-order valence-corrected chi connectivity index (χ0v) is 12.4. The van der Waals surface area contributed by atoms with Crippen molar-refractivity contribution in [2.24, 2.45) is 5.92 Å². The maximum atomic E-state index is 5.87. The second-order valence-electron chi connectivity index (χ2n) is 4.81. The van der Waals surface area contributed by atoms with Crippen molar-refractivity contribution >= 4 is 8.56 Å². The van der Waals surface area contributed by atoms with E-state index in [-0.39, 0.29) is 0 Å². The molecule has 0 radical (unpaired) electrons. The summed E-state index contributed by atoms with van der Waals surface area (Å²) in [6.07, 6.45) is 4.67. The Morgan fingerprint density at radius 2 is 1.81 bits per heavy atom. The Bertz CT molecular complexity index is 183. The fraction of sp³-hybridized carbons (Fsp3) is 0.846. The number of unbranched alkanes of at least 4 members (excludes halogenated alkanes) is 2. The van der Waals surface area contributed by atoms with Crippen LogP contribution in [0.5, 0.6) is 0 Å². The van der Waals surface area contributed by atoms with Gasteiger partial charge in [0.1, 0.15) is 0 Å². The topological polar surface area (TPSA) is 18.5 Å². The Morgan fingerprint density at radius 1 is 1.19 bits per heavy atom. The van der Waals surface area contributed by atoms with Crippen LogP contribution in [-0.4, -0.2) is 21.8 Å². The summed E-state index contributed by atoms with van der Waals surface area (Å²) in [5.74, 6) is 0.683. The van der Waals surface area contributed by atoms with Crippen molar-refractivity contribution in [1.82, 2.24) is 0 Å². The Balaban J connectivity index is 3.77. The van der Waals surface area contributed by atoms with Gasteiger partial charge >= 0.3 is 8.56 Å². The predicted octanol–water partition coefficient (Wildman–Crippen LogP) is 4.05. The molecule has 0 aromatic carbocycles. The molecule has 0 spiro atoms. The molecule has 0 aliphatic heterocycles. The number of hydrogen-bond donors (Lipinski definition) is 0. The van der Waals surface area contributed by atoms with E-state index in [4.69, 9.17) is 8.85 Å². The molecule has 0 aliphatic rings. The van der Waals surface area contributed by atoms with Gasteiger partial charge in [0.15, 0.2) is 0 Å². The molecule has 0 rings (SSSR count). The SMILES string of the molecule is C=C[Si](C)(OCCCCC)OCCC(C)C. The van der Waals surface area contributed by atoms with Crippen LogP contribution in [0.4, 0.5) is 0 Å². The highest BCUT2D eigenvalue weighted by Gasteiger charge is 2.27. The molecule has 0 saturated carbocycles. The molecule has 0 heterocycles. The van der Waals surface area contributed by atoms with E-state index in [2.05, 4.69) is 33.9 Å². The molecule has 16 heavy (non-hydrogen) atoms. The molecule has 0 amide bonds. The minimum absolute atomic E-state index is 0.683. The van der Waals surface area contributed by atoms with Crippen LogP contribution in [-0.2, 0) is 8.85 Å². The van der Waals surface area contributed by atoms with Gasteiger partial charge in [-0.25, -0.2) is 0 Å². The van der Waals surface area contributed by atoms with E-state index in [1.165, 1.54) is 12.8 Å². The third kappa shape index (κ3) is 8.08. The molecule has 1 atom stereocenters. The smallest absolute Gasteiger partial charge is 0.361 e.